The van der Waals surface area contributed by atoms with Crippen molar-refractivity contribution >= 4 is 29.9 Å². The summed E-state index contributed by atoms with van der Waals surface area (Å²) in [5, 5.41) is 6.82. The van der Waals surface area contributed by atoms with Crippen LogP contribution in [0.15, 0.2) is 29.3 Å². The summed E-state index contributed by atoms with van der Waals surface area (Å²) < 4.78 is 10.7. The van der Waals surface area contributed by atoms with Gasteiger partial charge in [-0.25, -0.2) is 0 Å². The van der Waals surface area contributed by atoms with Crippen molar-refractivity contribution in [1.82, 2.24) is 15.5 Å². The van der Waals surface area contributed by atoms with Gasteiger partial charge in [0, 0.05) is 32.2 Å². The predicted octanol–water partition coefficient (Wildman–Crippen LogP) is 2.77. The summed E-state index contributed by atoms with van der Waals surface area (Å²) in [7, 11) is 1.69. The van der Waals surface area contributed by atoms with Gasteiger partial charge < -0.3 is 20.1 Å². The van der Waals surface area contributed by atoms with Gasteiger partial charge in [-0.3, -0.25) is 9.89 Å². The molecule has 0 aromatic heterocycles. The number of hydrogen-bond acceptors (Lipinski definition) is 4. The number of ether oxygens (including phenoxy) is 2. The first-order valence-corrected chi connectivity index (χ1v) is 10.1. The molecule has 160 valence electrons. The molecule has 2 N–H and O–H groups in total. The Kier molecular flexibility index (Phi) is 12.5. The molecule has 2 rings (SSSR count). The van der Waals surface area contributed by atoms with E-state index in [0.717, 1.165) is 64.1 Å². The number of guanidine groups is 1. The van der Waals surface area contributed by atoms with Crippen LogP contribution >= 0.6 is 24.0 Å². The standard InChI is InChI=1S/C21H36N4O2.HI/c1-5-22-21(23-11-10-18-6-8-19(26-4)9-7-18)24-16-20(17(2)3)25-12-14-27-15-13-25;/h6-9,17,20H,5,10-16H2,1-4H3,(H2,22,23,24);1H. The molecule has 1 aliphatic heterocycles. The smallest absolute Gasteiger partial charge is 0.191 e. The lowest BCUT2D eigenvalue weighted by Gasteiger charge is -2.36. The number of aliphatic imine (C=N–C) groups is 1. The van der Waals surface area contributed by atoms with Crippen LogP contribution in [0, 0.1) is 5.92 Å². The van der Waals surface area contributed by atoms with Crippen LogP contribution in [-0.2, 0) is 11.2 Å². The lowest BCUT2D eigenvalue weighted by atomic mass is 10.0. The summed E-state index contributed by atoms with van der Waals surface area (Å²) >= 11 is 0. The topological polar surface area (TPSA) is 58.1 Å². The van der Waals surface area contributed by atoms with Gasteiger partial charge in [0.15, 0.2) is 5.96 Å². The number of morpholine rings is 1. The second-order valence-electron chi connectivity index (χ2n) is 7.20. The van der Waals surface area contributed by atoms with Crippen molar-refractivity contribution in [3.05, 3.63) is 29.8 Å². The fourth-order valence-corrected chi connectivity index (χ4v) is 3.30. The highest BCUT2D eigenvalue weighted by atomic mass is 127. The third kappa shape index (κ3) is 8.53. The molecule has 0 saturated carbocycles. The average molecular weight is 504 g/mol. The zero-order valence-corrected chi connectivity index (χ0v) is 20.1. The van der Waals surface area contributed by atoms with Crippen molar-refractivity contribution in [3.63, 3.8) is 0 Å². The molecule has 7 heteroatoms. The van der Waals surface area contributed by atoms with Gasteiger partial charge in [0.2, 0.25) is 0 Å². The summed E-state index contributed by atoms with van der Waals surface area (Å²) in [4.78, 5) is 7.37. The number of benzene rings is 1. The Morgan fingerprint density at radius 3 is 2.43 bits per heavy atom. The van der Waals surface area contributed by atoms with E-state index in [1.807, 2.05) is 12.1 Å². The van der Waals surface area contributed by atoms with Crippen LogP contribution in [-0.4, -0.2) is 69.9 Å². The van der Waals surface area contributed by atoms with Crippen LogP contribution in [0.5, 0.6) is 5.75 Å². The van der Waals surface area contributed by atoms with Crippen LogP contribution in [0.25, 0.3) is 0 Å². The van der Waals surface area contributed by atoms with E-state index in [1.165, 1.54) is 5.56 Å². The van der Waals surface area contributed by atoms with Crippen LogP contribution in [0.2, 0.25) is 0 Å². The van der Waals surface area contributed by atoms with E-state index in [0.29, 0.717) is 12.0 Å². The number of nitrogens with one attached hydrogen (secondary N) is 2. The van der Waals surface area contributed by atoms with Crippen LogP contribution < -0.4 is 15.4 Å². The fourth-order valence-electron chi connectivity index (χ4n) is 3.30. The SMILES string of the molecule is CCNC(=NCC(C(C)C)N1CCOCC1)NCCc1ccc(OC)cc1.I. The predicted molar refractivity (Wildman–Crippen MR) is 127 cm³/mol. The zero-order valence-electron chi connectivity index (χ0n) is 17.7. The molecular weight excluding hydrogens is 467 g/mol. The van der Waals surface area contributed by atoms with Crippen molar-refractivity contribution in [3.8, 4) is 5.75 Å². The molecule has 28 heavy (non-hydrogen) atoms. The van der Waals surface area contributed by atoms with Gasteiger partial charge in [0.1, 0.15) is 5.75 Å². The van der Waals surface area contributed by atoms with E-state index in [4.69, 9.17) is 14.5 Å². The molecule has 0 radical (unpaired) electrons. The van der Waals surface area contributed by atoms with E-state index in [2.05, 4.69) is 48.4 Å². The summed E-state index contributed by atoms with van der Waals surface area (Å²) in [6.45, 7) is 12.8. The molecule has 0 spiro atoms. The lowest BCUT2D eigenvalue weighted by Crippen LogP contribution is -2.48. The quantitative estimate of drug-likeness (QED) is 0.308. The maximum absolute atomic E-state index is 5.49. The van der Waals surface area contributed by atoms with E-state index in [-0.39, 0.29) is 24.0 Å². The van der Waals surface area contributed by atoms with Gasteiger partial charge in [-0.15, -0.1) is 24.0 Å². The van der Waals surface area contributed by atoms with E-state index in [1.54, 1.807) is 7.11 Å². The average Bonchev–Trinajstić information content (AvgIpc) is 2.69. The third-order valence-corrected chi connectivity index (χ3v) is 4.93. The molecule has 1 aliphatic rings. The normalized spacial score (nSPS) is 16.4. The summed E-state index contributed by atoms with van der Waals surface area (Å²) in [5.74, 6) is 2.35. The van der Waals surface area contributed by atoms with Crippen LogP contribution in [0.1, 0.15) is 26.3 Å². The highest BCUT2D eigenvalue weighted by molar-refractivity contribution is 14.0. The Morgan fingerprint density at radius 2 is 1.86 bits per heavy atom. The minimum atomic E-state index is 0. The van der Waals surface area contributed by atoms with E-state index < -0.39 is 0 Å². The molecule has 0 aliphatic carbocycles. The maximum atomic E-state index is 5.49. The number of nitrogens with zero attached hydrogens (tertiary/aromatic N) is 2. The zero-order chi connectivity index (χ0) is 19.5. The number of methoxy groups -OCH3 is 1. The largest absolute Gasteiger partial charge is 0.497 e. The second-order valence-corrected chi connectivity index (χ2v) is 7.20. The fraction of sp³-hybridized carbons (Fsp3) is 0.667. The molecular formula is C21H37IN4O2. The molecule has 1 aromatic rings. The van der Waals surface area contributed by atoms with Crippen molar-refractivity contribution in [2.24, 2.45) is 10.9 Å². The Labute approximate surface area is 187 Å². The monoisotopic (exact) mass is 504 g/mol. The van der Waals surface area contributed by atoms with Gasteiger partial charge in [-0.05, 0) is 37.0 Å². The minimum Gasteiger partial charge on any atom is -0.497 e. The van der Waals surface area contributed by atoms with Crippen LogP contribution in [0.3, 0.4) is 0 Å². The van der Waals surface area contributed by atoms with Crippen molar-refractivity contribution in [1.29, 1.82) is 0 Å². The first-order valence-electron chi connectivity index (χ1n) is 10.1. The minimum absolute atomic E-state index is 0. The maximum Gasteiger partial charge on any atom is 0.191 e. The molecule has 1 atom stereocenters. The van der Waals surface area contributed by atoms with Gasteiger partial charge in [0.25, 0.3) is 0 Å². The summed E-state index contributed by atoms with van der Waals surface area (Å²) in [5.41, 5.74) is 1.28. The van der Waals surface area contributed by atoms with Gasteiger partial charge in [0.05, 0.1) is 26.9 Å². The second kappa shape index (κ2) is 14.0. The third-order valence-electron chi connectivity index (χ3n) is 4.93. The Balaban J connectivity index is 0.00000392. The van der Waals surface area contributed by atoms with Gasteiger partial charge >= 0.3 is 0 Å². The molecule has 1 heterocycles. The highest BCUT2D eigenvalue weighted by Crippen LogP contribution is 2.13. The van der Waals surface area contributed by atoms with E-state index >= 15 is 0 Å². The number of halogens is 1. The lowest BCUT2D eigenvalue weighted by molar-refractivity contribution is 0.00867. The molecule has 1 fully saturated rings. The first-order chi connectivity index (χ1) is 13.1. The molecule has 0 bridgehead atoms. The summed E-state index contributed by atoms with van der Waals surface area (Å²) in [6.07, 6.45) is 0.950. The van der Waals surface area contributed by atoms with Gasteiger partial charge in [-0.2, -0.15) is 0 Å². The van der Waals surface area contributed by atoms with Crippen molar-refractivity contribution in [2.75, 3.05) is 53.0 Å². The number of hydrogen-bond donors (Lipinski definition) is 2. The molecule has 1 aromatic carbocycles. The van der Waals surface area contributed by atoms with Crippen molar-refractivity contribution in [2.45, 2.75) is 33.2 Å². The highest BCUT2D eigenvalue weighted by Gasteiger charge is 2.23. The van der Waals surface area contributed by atoms with Crippen LogP contribution in [0.4, 0.5) is 0 Å². The first kappa shape index (κ1) is 25.0. The summed E-state index contributed by atoms with van der Waals surface area (Å²) in [6, 6.07) is 8.68. The Hall–Kier alpha value is -1.06. The van der Waals surface area contributed by atoms with Crippen molar-refractivity contribution < 1.29 is 9.47 Å². The Morgan fingerprint density at radius 1 is 1.18 bits per heavy atom. The molecule has 0 amide bonds. The molecule has 1 saturated heterocycles. The Bertz CT molecular complexity index is 560. The molecule has 6 nitrogen and oxygen atoms in total. The van der Waals surface area contributed by atoms with Gasteiger partial charge in [-0.1, -0.05) is 26.0 Å². The molecule has 1 unspecified atom stereocenters. The number of rotatable bonds is 9. The van der Waals surface area contributed by atoms with E-state index in [9.17, 15) is 0 Å².